The zero-order valence-corrected chi connectivity index (χ0v) is 21.4. The summed E-state index contributed by atoms with van der Waals surface area (Å²) in [6.45, 7) is 4.55. The Morgan fingerprint density at radius 1 is 1.13 bits per heavy atom. The fourth-order valence-electron chi connectivity index (χ4n) is 5.77. The molecule has 2 aliphatic heterocycles. The van der Waals surface area contributed by atoms with Gasteiger partial charge < -0.3 is 19.5 Å². The van der Waals surface area contributed by atoms with E-state index in [4.69, 9.17) is 14.6 Å². The number of carboxylic acids is 1. The summed E-state index contributed by atoms with van der Waals surface area (Å²) in [4.78, 5) is 25.9. The highest BCUT2D eigenvalue weighted by Crippen LogP contribution is 2.43. The predicted molar refractivity (Wildman–Crippen MR) is 139 cm³/mol. The second-order valence-corrected chi connectivity index (χ2v) is 10.2. The molecular weight excluding hydrogens is 491 g/mol. The number of fused-ring (bicyclic) bond motifs is 1. The predicted octanol–water partition coefficient (Wildman–Crippen LogP) is 3.43. The van der Waals surface area contributed by atoms with Gasteiger partial charge in [-0.3, -0.25) is 4.90 Å². The topological polar surface area (TPSA) is 106 Å². The molecule has 202 valence electrons. The molecule has 0 bridgehead atoms. The molecule has 2 saturated heterocycles. The summed E-state index contributed by atoms with van der Waals surface area (Å²) in [7, 11) is 0. The molecule has 3 aromatic heterocycles. The molecule has 3 aromatic rings. The standard InChI is InChI=1S/C27H33FN6O4/c28-8-13-38-23-5-4-20(17-29-23)34-26-24(25(31-34)18-2-1-3-18)22(16-21(30-26)27(35)36)33-9-6-19(7-10-33)32-11-14-37-15-12-32/h4-5,16-19H,1-3,6-15H2,(H,35,36). The maximum absolute atomic E-state index is 12.5. The molecule has 1 N–H and O–H groups in total. The van der Waals surface area contributed by atoms with Gasteiger partial charge in [0.2, 0.25) is 5.88 Å². The fraction of sp³-hybridized carbons (Fsp3) is 0.556. The Balaban J connectivity index is 1.38. The van der Waals surface area contributed by atoms with E-state index in [1.54, 1.807) is 29.1 Å². The number of nitrogens with zero attached hydrogens (tertiary/aromatic N) is 6. The number of anilines is 1. The third-order valence-corrected chi connectivity index (χ3v) is 8.01. The molecule has 1 saturated carbocycles. The number of aromatic carboxylic acids is 1. The SMILES string of the molecule is O=C(O)c1cc(N2CCC(N3CCOCC3)CC2)c2c(C3CCC3)nn(-c3ccc(OCCF)nc3)c2n1. The van der Waals surface area contributed by atoms with Crippen LogP contribution in [0.25, 0.3) is 16.7 Å². The summed E-state index contributed by atoms with van der Waals surface area (Å²) in [5.41, 5.74) is 3.05. The number of hydrogen-bond acceptors (Lipinski definition) is 8. The van der Waals surface area contributed by atoms with Crippen molar-refractivity contribution in [3.05, 3.63) is 35.8 Å². The zero-order valence-electron chi connectivity index (χ0n) is 21.4. The maximum Gasteiger partial charge on any atom is 0.354 e. The van der Waals surface area contributed by atoms with Crippen LogP contribution in [-0.4, -0.2) is 94.4 Å². The van der Waals surface area contributed by atoms with Crippen LogP contribution in [0.2, 0.25) is 0 Å². The minimum absolute atomic E-state index is 0.0000272. The van der Waals surface area contributed by atoms with Crippen molar-refractivity contribution in [2.75, 3.05) is 57.6 Å². The Bertz CT molecular complexity index is 1280. The number of carboxylic acid groups (broad SMARTS) is 1. The molecule has 3 fully saturated rings. The van der Waals surface area contributed by atoms with E-state index in [2.05, 4.69) is 19.8 Å². The highest BCUT2D eigenvalue weighted by molar-refractivity contribution is 5.98. The molecule has 0 radical (unpaired) electrons. The number of morpholine rings is 1. The Labute approximate surface area is 220 Å². The van der Waals surface area contributed by atoms with Gasteiger partial charge in [-0.05, 0) is 37.8 Å². The van der Waals surface area contributed by atoms with Gasteiger partial charge in [0.1, 0.15) is 13.3 Å². The van der Waals surface area contributed by atoms with Crippen LogP contribution in [-0.2, 0) is 4.74 Å². The average molecular weight is 525 g/mol. The molecule has 38 heavy (non-hydrogen) atoms. The number of halogens is 1. The normalized spacial score (nSPS) is 19.6. The zero-order chi connectivity index (χ0) is 26.1. The van der Waals surface area contributed by atoms with E-state index in [0.29, 0.717) is 29.2 Å². The second kappa shape index (κ2) is 10.8. The van der Waals surface area contributed by atoms with Crippen LogP contribution in [0.1, 0.15) is 54.2 Å². The summed E-state index contributed by atoms with van der Waals surface area (Å²) in [5.74, 6) is -0.423. The van der Waals surface area contributed by atoms with Crippen molar-refractivity contribution in [1.29, 1.82) is 0 Å². The first kappa shape index (κ1) is 25.0. The molecular formula is C27H33FN6O4. The number of alkyl halides is 1. The third-order valence-electron chi connectivity index (χ3n) is 8.01. The van der Waals surface area contributed by atoms with Crippen molar-refractivity contribution in [2.45, 2.75) is 44.1 Å². The van der Waals surface area contributed by atoms with Gasteiger partial charge in [-0.2, -0.15) is 5.10 Å². The molecule has 0 aromatic carbocycles. The number of pyridine rings is 2. The Kier molecular flexibility index (Phi) is 7.12. The van der Waals surface area contributed by atoms with Crippen LogP contribution < -0.4 is 9.64 Å². The van der Waals surface area contributed by atoms with Gasteiger partial charge in [0, 0.05) is 44.2 Å². The number of hydrogen-bond donors (Lipinski definition) is 1. The van der Waals surface area contributed by atoms with Crippen LogP contribution in [0, 0.1) is 0 Å². The van der Waals surface area contributed by atoms with Crippen LogP contribution in [0.3, 0.4) is 0 Å². The van der Waals surface area contributed by atoms with Crippen molar-refractivity contribution < 1.29 is 23.8 Å². The quantitative estimate of drug-likeness (QED) is 0.474. The van der Waals surface area contributed by atoms with Crippen LogP contribution in [0.5, 0.6) is 5.88 Å². The lowest BCUT2D eigenvalue weighted by Crippen LogP contribution is -2.49. The lowest BCUT2D eigenvalue weighted by molar-refractivity contribution is 0.0115. The monoisotopic (exact) mass is 524 g/mol. The van der Waals surface area contributed by atoms with Crippen molar-refractivity contribution in [3.63, 3.8) is 0 Å². The van der Waals surface area contributed by atoms with Gasteiger partial charge in [-0.25, -0.2) is 23.8 Å². The van der Waals surface area contributed by atoms with Gasteiger partial charge in [0.25, 0.3) is 0 Å². The maximum atomic E-state index is 12.5. The van der Waals surface area contributed by atoms with Gasteiger partial charge in [-0.15, -0.1) is 0 Å². The summed E-state index contributed by atoms with van der Waals surface area (Å²) in [5, 5.41) is 15.9. The minimum atomic E-state index is -1.07. The number of piperidine rings is 1. The van der Waals surface area contributed by atoms with Crippen molar-refractivity contribution in [1.82, 2.24) is 24.6 Å². The molecule has 10 nitrogen and oxygen atoms in total. The molecule has 6 rings (SSSR count). The second-order valence-electron chi connectivity index (χ2n) is 10.2. The van der Waals surface area contributed by atoms with E-state index in [9.17, 15) is 14.3 Å². The van der Waals surface area contributed by atoms with E-state index in [1.165, 1.54) is 0 Å². The molecule has 0 spiro atoms. The van der Waals surface area contributed by atoms with Gasteiger partial charge >= 0.3 is 5.97 Å². The number of ether oxygens (including phenoxy) is 2. The van der Waals surface area contributed by atoms with Crippen LogP contribution in [0.4, 0.5) is 10.1 Å². The first-order valence-electron chi connectivity index (χ1n) is 13.5. The van der Waals surface area contributed by atoms with Gasteiger partial charge in [0.15, 0.2) is 11.3 Å². The van der Waals surface area contributed by atoms with Gasteiger partial charge in [-0.1, -0.05) is 6.42 Å². The summed E-state index contributed by atoms with van der Waals surface area (Å²) in [6, 6.07) is 5.70. The van der Waals surface area contributed by atoms with E-state index in [1.807, 2.05) is 0 Å². The van der Waals surface area contributed by atoms with Crippen molar-refractivity contribution in [2.24, 2.45) is 0 Å². The molecule has 0 atom stereocenters. The lowest BCUT2D eigenvalue weighted by atomic mass is 9.82. The van der Waals surface area contributed by atoms with E-state index < -0.39 is 12.6 Å². The minimum Gasteiger partial charge on any atom is -0.477 e. The molecule has 5 heterocycles. The Morgan fingerprint density at radius 3 is 2.55 bits per heavy atom. The Morgan fingerprint density at radius 2 is 1.92 bits per heavy atom. The molecule has 0 unspecified atom stereocenters. The smallest absolute Gasteiger partial charge is 0.354 e. The highest BCUT2D eigenvalue weighted by atomic mass is 19.1. The van der Waals surface area contributed by atoms with Crippen LogP contribution >= 0.6 is 0 Å². The molecule has 11 heteroatoms. The molecule has 3 aliphatic rings. The van der Waals surface area contributed by atoms with Crippen LogP contribution in [0.15, 0.2) is 24.4 Å². The number of aromatic nitrogens is 4. The average Bonchev–Trinajstić information content (AvgIpc) is 3.30. The lowest BCUT2D eigenvalue weighted by Gasteiger charge is -2.41. The van der Waals surface area contributed by atoms with E-state index in [0.717, 1.165) is 88.3 Å². The summed E-state index contributed by atoms with van der Waals surface area (Å²) < 4.78 is 25.0. The fourth-order valence-corrected chi connectivity index (χ4v) is 5.77. The van der Waals surface area contributed by atoms with E-state index >= 15 is 0 Å². The Hall–Kier alpha value is -3.31. The highest BCUT2D eigenvalue weighted by Gasteiger charge is 2.32. The number of carbonyl (C=O) groups is 1. The van der Waals surface area contributed by atoms with Crippen molar-refractivity contribution in [3.8, 4) is 11.6 Å². The first-order valence-corrected chi connectivity index (χ1v) is 13.5. The summed E-state index contributed by atoms with van der Waals surface area (Å²) >= 11 is 0. The first-order chi connectivity index (χ1) is 18.6. The van der Waals surface area contributed by atoms with Gasteiger partial charge in [0.05, 0.1) is 41.9 Å². The molecule has 1 aliphatic carbocycles. The molecule has 0 amide bonds. The largest absolute Gasteiger partial charge is 0.477 e. The summed E-state index contributed by atoms with van der Waals surface area (Å²) in [6.07, 6.45) is 6.90. The third kappa shape index (κ3) is 4.80. The van der Waals surface area contributed by atoms with Crippen molar-refractivity contribution >= 4 is 22.7 Å². The number of rotatable bonds is 8. The van der Waals surface area contributed by atoms with E-state index in [-0.39, 0.29) is 12.3 Å².